The van der Waals surface area contributed by atoms with Crippen molar-refractivity contribution in [3.63, 3.8) is 0 Å². The van der Waals surface area contributed by atoms with Gasteiger partial charge in [-0.05, 0) is 12.1 Å². The largest absolute Gasteiger partial charge is 0.421 e. The second-order valence-corrected chi connectivity index (χ2v) is 6.76. The highest BCUT2D eigenvalue weighted by Crippen LogP contribution is 2.32. The van der Waals surface area contributed by atoms with E-state index in [1.54, 1.807) is 12.1 Å². The lowest BCUT2D eigenvalue weighted by Gasteiger charge is -2.26. The van der Waals surface area contributed by atoms with Crippen molar-refractivity contribution in [2.75, 3.05) is 31.2 Å². The fourth-order valence-corrected chi connectivity index (χ4v) is 3.28. The summed E-state index contributed by atoms with van der Waals surface area (Å²) in [4.78, 5) is 23.2. The summed E-state index contributed by atoms with van der Waals surface area (Å²) in [5.74, 6) is 0.169. The van der Waals surface area contributed by atoms with Crippen LogP contribution in [0.25, 0.3) is 10.8 Å². The number of hydrogen-bond donors (Lipinski definition) is 0. The number of aromatic nitrogens is 2. The number of halogens is 2. The van der Waals surface area contributed by atoms with Crippen LogP contribution in [-0.2, 0) is 4.74 Å². The highest BCUT2D eigenvalue weighted by atomic mass is 35.5. The van der Waals surface area contributed by atoms with E-state index in [1.165, 1.54) is 6.20 Å². The van der Waals surface area contributed by atoms with Crippen LogP contribution >= 0.6 is 23.2 Å². The Morgan fingerprint density at radius 2 is 1.78 bits per heavy atom. The summed E-state index contributed by atoms with van der Waals surface area (Å²) in [6.45, 7) is 2.47. The highest BCUT2D eigenvalue weighted by molar-refractivity contribution is 6.36. The monoisotopic (exact) mass is 403 g/mol. The van der Waals surface area contributed by atoms with Gasteiger partial charge in [0.25, 0.3) is 0 Å². The van der Waals surface area contributed by atoms with Crippen LogP contribution in [0.2, 0.25) is 10.0 Å². The van der Waals surface area contributed by atoms with Gasteiger partial charge >= 0.3 is 5.97 Å². The molecule has 0 atom stereocenters. The predicted molar refractivity (Wildman–Crippen MR) is 104 cm³/mol. The SMILES string of the molecule is O=C(Oc1ccc(Cl)c2ccccc12)c1nc(N2CCOCC2)ncc1Cl. The first-order valence-corrected chi connectivity index (χ1v) is 9.14. The molecular weight excluding hydrogens is 389 g/mol. The lowest BCUT2D eigenvalue weighted by molar-refractivity contribution is 0.0731. The van der Waals surface area contributed by atoms with Crippen molar-refractivity contribution in [3.8, 4) is 5.75 Å². The topological polar surface area (TPSA) is 64.5 Å². The number of nitrogens with zero attached hydrogens (tertiary/aromatic N) is 3. The van der Waals surface area contributed by atoms with Gasteiger partial charge in [0.1, 0.15) is 5.75 Å². The van der Waals surface area contributed by atoms with E-state index in [0.29, 0.717) is 43.0 Å². The first kappa shape index (κ1) is 18.0. The molecule has 1 fully saturated rings. The maximum Gasteiger partial charge on any atom is 0.364 e. The van der Waals surface area contributed by atoms with Crippen molar-refractivity contribution in [2.45, 2.75) is 0 Å². The Hall–Kier alpha value is -2.41. The van der Waals surface area contributed by atoms with E-state index in [-0.39, 0.29) is 10.7 Å². The summed E-state index contributed by atoms with van der Waals surface area (Å²) in [5.41, 5.74) is 0.0205. The van der Waals surface area contributed by atoms with Gasteiger partial charge in [-0.25, -0.2) is 14.8 Å². The Kier molecular flexibility index (Phi) is 5.11. The first-order valence-electron chi connectivity index (χ1n) is 8.38. The third-order valence-electron chi connectivity index (χ3n) is 4.25. The summed E-state index contributed by atoms with van der Waals surface area (Å²) in [7, 11) is 0. The van der Waals surface area contributed by atoms with Gasteiger partial charge in [0.2, 0.25) is 5.95 Å². The number of carbonyl (C=O) groups is 1. The van der Waals surface area contributed by atoms with E-state index in [4.69, 9.17) is 32.7 Å². The third kappa shape index (κ3) is 3.69. The molecule has 0 aliphatic carbocycles. The van der Waals surface area contributed by atoms with Gasteiger partial charge in [0.05, 0.1) is 24.4 Å². The Morgan fingerprint density at radius 1 is 1.04 bits per heavy atom. The third-order valence-corrected chi connectivity index (χ3v) is 4.86. The van der Waals surface area contributed by atoms with Crippen molar-refractivity contribution in [1.82, 2.24) is 9.97 Å². The molecule has 138 valence electrons. The van der Waals surface area contributed by atoms with Crippen LogP contribution in [0.5, 0.6) is 5.75 Å². The van der Waals surface area contributed by atoms with Gasteiger partial charge < -0.3 is 14.4 Å². The molecule has 2 aromatic carbocycles. The van der Waals surface area contributed by atoms with Crippen LogP contribution in [0.15, 0.2) is 42.6 Å². The molecule has 0 saturated carbocycles. The fourth-order valence-electron chi connectivity index (χ4n) is 2.89. The molecule has 0 spiro atoms. The number of ether oxygens (including phenoxy) is 2. The zero-order valence-corrected chi connectivity index (χ0v) is 15.7. The van der Waals surface area contributed by atoms with Crippen molar-refractivity contribution in [3.05, 3.63) is 58.3 Å². The van der Waals surface area contributed by atoms with Crippen molar-refractivity contribution in [1.29, 1.82) is 0 Å². The first-order chi connectivity index (χ1) is 13.1. The Balaban J connectivity index is 1.65. The van der Waals surface area contributed by atoms with Gasteiger partial charge in [0, 0.05) is 28.9 Å². The van der Waals surface area contributed by atoms with Crippen LogP contribution in [0, 0.1) is 0 Å². The molecule has 0 bridgehead atoms. The molecule has 2 heterocycles. The summed E-state index contributed by atoms with van der Waals surface area (Å²) in [5, 5.41) is 2.25. The lowest BCUT2D eigenvalue weighted by Crippen LogP contribution is -2.37. The molecule has 6 nitrogen and oxygen atoms in total. The van der Waals surface area contributed by atoms with Crippen LogP contribution in [-0.4, -0.2) is 42.2 Å². The van der Waals surface area contributed by atoms with Gasteiger partial charge in [-0.1, -0.05) is 47.5 Å². The average molecular weight is 404 g/mol. The van der Waals surface area contributed by atoms with Crippen LogP contribution in [0.3, 0.4) is 0 Å². The Labute approximate surface area is 165 Å². The van der Waals surface area contributed by atoms with E-state index in [0.717, 1.165) is 10.8 Å². The lowest BCUT2D eigenvalue weighted by atomic mass is 10.1. The van der Waals surface area contributed by atoms with E-state index in [2.05, 4.69) is 9.97 Å². The molecule has 0 unspecified atom stereocenters. The summed E-state index contributed by atoms with van der Waals surface area (Å²) >= 11 is 12.4. The quantitative estimate of drug-likeness (QED) is 0.486. The van der Waals surface area contributed by atoms with Gasteiger partial charge in [-0.15, -0.1) is 0 Å². The normalized spacial score (nSPS) is 14.4. The van der Waals surface area contributed by atoms with E-state index >= 15 is 0 Å². The van der Waals surface area contributed by atoms with E-state index in [1.807, 2.05) is 29.2 Å². The number of esters is 1. The van der Waals surface area contributed by atoms with Crippen molar-refractivity contribution < 1.29 is 14.3 Å². The number of anilines is 1. The van der Waals surface area contributed by atoms with Crippen LogP contribution < -0.4 is 9.64 Å². The molecule has 1 aromatic heterocycles. The van der Waals surface area contributed by atoms with Crippen molar-refractivity contribution >= 4 is 45.9 Å². The average Bonchev–Trinajstić information content (AvgIpc) is 2.71. The number of rotatable bonds is 3. The molecule has 4 rings (SSSR count). The molecule has 0 N–H and O–H groups in total. The molecule has 27 heavy (non-hydrogen) atoms. The zero-order valence-electron chi connectivity index (χ0n) is 14.2. The van der Waals surface area contributed by atoms with Crippen molar-refractivity contribution in [2.24, 2.45) is 0 Å². The number of carbonyl (C=O) groups excluding carboxylic acids is 1. The minimum absolute atomic E-state index is 0.0205. The predicted octanol–water partition coefficient (Wildman–Crippen LogP) is 3.99. The number of morpholine rings is 1. The van der Waals surface area contributed by atoms with Crippen LogP contribution in [0.1, 0.15) is 10.5 Å². The number of benzene rings is 2. The summed E-state index contributed by atoms with van der Waals surface area (Å²) < 4.78 is 10.9. The maximum atomic E-state index is 12.7. The minimum Gasteiger partial charge on any atom is -0.421 e. The maximum absolute atomic E-state index is 12.7. The molecule has 3 aromatic rings. The minimum atomic E-state index is -0.649. The number of hydrogen-bond acceptors (Lipinski definition) is 6. The Morgan fingerprint density at radius 3 is 2.56 bits per heavy atom. The molecule has 0 amide bonds. The molecule has 8 heteroatoms. The second kappa shape index (κ2) is 7.68. The summed E-state index contributed by atoms with van der Waals surface area (Å²) in [6.07, 6.45) is 1.41. The van der Waals surface area contributed by atoms with Gasteiger partial charge in [-0.3, -0.25) is 0 Å². The number of fused-ring (bicyclic) bond motifs is 1. The van der Waals surface area contributed by atoms with E-state index < -0.39 is 5.97 Å². The fraction of sp³-hybridized carbons (Fsp3) is 0.211. The van der Waals surface area contributed by atoms with E-state index in [9.17, 15) is 4.79 Å². The summed E-state index contributed by atoms with van der Waals surface area (Å²) in [6, 6.07) is 10.8. The standard InChI is InChI=1S/C19H15Cl2N3O3/c20-14-5-6-16(13-4-2-1-3-12(13)14)27-18(25)17-15(21)11-22-19(23-17)24-7-9-26-10-8-24/h1-6,11H,7-10H2. The second-order valence-electron chi connectivity index (χ2n) is 5.95. The zero-order chi connectivity index (χ0) is 18.8. The van der Waals surface area contributed by atoms with Gasteiger partial charge in [0.15, 0.2) is 5.69 Å². The van der Waals surface area contributed by atoms with Gasteiger partial charge in [-0.2, -0.15) is 0 Å². The Bertz CT molecular complexity index is 1010. The molecule has 1 saturated heterocycles. The molecule has 1 aliphatic rings. The van der Waals surface area contributed by atoms with Crippen LogP contribution in [0.4, 0.5) is 5.95 Å². The molecular formula is C19H15Cl2N3O3. The highest BCUT2D eigenvalue weighted by Gasteiger charge is 2.21. The molecule has 0 radical (unpaired) electrons. The smallest absolute Gasteiger partial charge is 0.364 e. The molecule has 1 aliphatic heterocycles.